The molecule has 0 aliphatic rings. The average Bonchev–Trinajstić information content (AvgIpc) is 2.38. The van der Waals surface area contributed by atoms with Crippen LogP contribution in [-0.2, 0) is 4.79 Å². The lowest BCUT2D eigenvalue weighted by atomic mass is 10.2. The highest BCUT2D eigenvalue weighted by Crippen LogP contribution is 2.18. The van der Waals surface area contributed by atoms with Gasteiger partial charge in [-0.15, -0.1) is 0 Å². The van der Waals surface area contributed by atoms with Gasteiger partial charge in [0, 0.05) is 19.3 Å². The van der Waals surface area contributed by atoms with E-state index in [9.17, 15) is 9.18 Å². The number of rotatable bonds is 5. The maximum absolute atomic E-state index is 13.5. The summed E-state index contributed by atoms with van der Waals surface area (Å²) in [4.78, 5) is 13.2. The van der Waals surface area contributed by atoms with Crippen molar-refractivity contribution in [1.29, 1.82) is 5.26 Å². The summed E-state index contributed by atoms with van der Waals surface area (Å²) in [6.45, 7) is 2.81. The number of hydrogen-bond donors (Lipinski definition) is 1. The molecule has 0 unspecified atom stereocenters. The van der Waals surface area contributed by atoms with Crippen molar-refractivity contribution in [2.45, 2.75) is 13.3 Å². The van der Waals surface area contributed by atoms with Gasteiger partial charge in [0.25, 0.3) is 0 Å². The summed E-state index contributed by atoms with van der Waals surface area (Å²) in [5.74, 6) is -0.693. The van der Waals surface area contributed by atoms with Crippen LogP contribution in [0.2, 0.25) is 0 Å². The molecule has 0 aliphatic carbocycles. The number of halogens is 1. The lowest BCUT2D eigenvalue weighted by Gasteiger charge is -2.23. The van der Waals surface area contributed by atoms with E-state index in [1.54, 1.807) is 24.1 Å². The average molecular weight is 249 g/mol. The molecule has 1 amide bonds. The van der Waals surface area contributed by atoms with Crippen molar-refractivity contribution in [2.75, 3.05) is 25.0 Å². The zero-order valence-corrected chi connectivity index (χ0v) is 10.5. The van der Waals surface area contributed by atoms with E-state index >= 15 is 0 Å². The minimum absolute atomic E-state index is 0.00939. The molecule has 18 heavy (non-hydrogen) atoms. The predicted molar refractivity (Wildman–Crippen MR) is 67.7 cm³/mol. The molecule has 0 aromatic heterocycles. The first-order valence-corrected chi connectivity index (χ1v) is 5.77. The molecule has 0 atom stereocenters. The van der Waals surface area contributed by atoms with Crippen LogP contribution < -0.4 is 10.2 Å². The van der Waals surface area contributed by atoms with Gasteiger partial charge in [-0.3, -0.25) is 4.79 Å². The third-order valence-corrected chi connectivity index (χ3v) is 2.55. The lowest BCUT2D eigenvalue weighted by Crippen LogP contribution is -2.36. The van der Waals surface area contributed by atoms with Crippen LogP contribution in [0, 0.1) is 17.1 Å². The third-order valence-electron chi connectivity index (χ3n) is 2.55. The smallest absolute Gasteiger partial charge is 0.239 e. The number of carbonyl (C=O) groups excluding carboxylic acids is 1. The third kappa shape index (κ3) is 3.45. The molecule has 0 saturated carbocycles. The highest BCUT2D eigenvalue weighted by molar-refractivity contribution is 5.81. The Kier molecular flexibility index (Phi) is 5.12. The van der Waals surface area contributed by atoms with Crippen LogP contribution >= 0.6 is 0 Å². The van der Waals surface area contributed by atoms with Crippen LogP contribution in [0.15, 0.2) is 18.2 Å². The summed E-state index contributed by atoms with van der Waals surface area (Å²) in [5.41, 5.74) is 0.618. The predicted octanol–water partition coefficient (Wildman–Crippen LogP) is 1.66. The number of benzene rings is 1. The van der Waals surface area contributed by atoms with Gasteiger partial charge in [0.05, 0.1) is 12.1 Å². The fourth-order valence-electron chi connectivity index (χ4n) is 1.61. The van der Waals surface area contributed by atoms with Crippen molar-refractivity contribution in [3.05, 3.63) is 29.6 Å². The number of amides is 1. The van der Waals surface area contributed by atoms with Gasteiger partial charge in [0.1, 0.15) is 11.9 Å². The first-order valence-electron chi connectivity index (χ1n) is 5.77. The van der Waals surface area contributed by atoms with E-state index in [2.05, 4.69) is 5.32 Å². The fraction of sp³-hybridized carbons (Fsp3) is 0.385. The van der Waals surface area contributed by atoms with Crippen LogP contribution in [0.25, 0.3) is 0 Å². The van der Waals surface area contributed by atoms with Crippen LogP contribution in [-0.4, -0.2) is 26.0 Å². The largest absolute Gasteiger partial charge is 0.362 e. The molecule has 0 saturated heterocycles. The summed E-state index contributed by atoms with van der Waals surface area (Å²) < 4.78 is 13.5. The van der Waals surface area contributed by atoms with Gasteiger partial charge in [-0.1, -0.05) is 6.92 Å². The van der Waals surface area contributed by atoms with E-state index in [4.69, 9.17) is 5.26 Å². The number of carbonyl (C=O) groups is 1. The molecule has 4 nitrogen and oxygen atoms in total. The monoisotopic (exact) mass is 249 g/mol. The second-order valence-electron chi connectivity index (χ2n) is 3.87. The number of hydrogen-bond acceptors (Lipinski definition) is 3. The molecular weight excluding hydrogens is 233 g/mol. The molecular formula is C13H16FN3O. The number of nitrogens with zero attached hydrogens (tertiary/aromatic N) is 2. The standard InChI is InChI=1S/C13H16FN3O/c1-3-6-17(9-13(18)16-2)11-5-4-10(8-15)12(14)7-11/h4-5,7H,3,6,9H2,1-2H3,(H,16,18). The van der Waals surface area contributed by atoms with E-state index in [1.165, 1.54) is 12.1 Å². The van der Waals surface area contributed by atoms with Crippen molar-refractivity contribution < 1.29 is 9.18 Å². The minimum Gasteiger partial charge on any atom is -0.362 e. The van der Waals surface area contributed by atoms with Crippen LogP contribution in [0.4, 0.5) is 10.1 Å². The van der Waals surface area contributed by atoms with Crippen LogP contribution in [0.3, 0.4) is 0 Å². The second-order valence-corrected chi connectivity index (χ2v) is 3.87. The van der Waals surface area contributed by atoms with Gasteiger partial charge in [-0.05, 0) is 24.6 Å². The Morgan fingerprint density at radius 2 is 2.28 bits per heavy atom. The Bertz CT molecular complexity index is 468. The fourth-order valence-corrected chi connectivity index (χ4v) is 1.61. The van der Waals surface area contributed by atoms with Gasteiger partial charge in [0.15, 0.2) is 0 Å². The van der Waals surface area contributed by atoms with Gasteiger partial charge < -0.3 is 10.2 Å². The Balaban J connectivity index is 2.95. The first-order chi connectivity index (χ1) is 8.62. The van der Waals surface area contributed by atoms with Gasteiger partial charge in [0.2, 0.25) is 5.91 Å². The summed E-state index contributed by atoms with van der Waals surface area (Å²) in [6, 6.07) is 6.14. The zero-order chi connectivity index (χ0) is 13.5. The summed E-state index contributed by atoms with van der Waals surface area (Å²) in [7, 11) is 1.56. The molecule has 0 spiro atoms. The van der Waals surface area contributed by atoms with E-state index in [0.29, 0.717) is 12.2 Å². The SMILES string of the molecule is CCCN(CC(=O)NC)c1ccc(C#N)c(F)c1. The molecule has 1 N–H and O–H groups in total. The van der Waals surface area contributed by atoms with E-state index < -0.39 is 5.82 Å². The van der Waals surface area contributed by atoms with E-state index in [0.717, 1.165) is 6.42 Å². The maximum Gasteiger partial charge on any atom is 0.239 e. The molecule has 1 aromatic rings. The second kappa shape index (κ2) is 6.60. The lowest BCUT2D eigenvalue weighted by molar-refractivity contribution is -0.119. The van der Waals surface area contributed by atoms with Gasteiger partial charge >= 0.3 is 0 Å². The van der Waals surface area contributed by atoms with Crippen molar-refractivity contribution in [3.8, 4) is 6.07 Å². The summed E-state index contributed by atoms with van der Waals surface area (Å²) >= 11 is 0. The van der Waals surface area contributed by atoms with Crippen LogP contribution in [0.5, 0.6) is 0 Å². The van der Waals surface area contributed by atoms with Crippen LogP contribution in [0.1, 0.15) is 18.9 Å². The quantitative estimate of drug-likeness (QED) is 0.863. The Hall–Kier alpha value is -2.09. The Labute approximate surface area is 106 Å². The van der Waals surface area contributed by atoms with Crippen molar-refractivity contribution in [1.82, 2.24) is 5.32 Å². The molecule has 0 heterocycles. The van der Waals surface area contributed by atoms with E-state index in [-0.39, 0.29) is 18.0 Å². The molecule has 0 bridgehead atoms. The molecule has 96 valence electrons. The number of likely N-dealkylation sites (N-methyl/N-ethyl adjacent to an activating group) is 1. The topological polar surface area (TPSA) is 56.1 Å². The zero-order valence-electron chi connectivity index (χ0n) is 10.5. The molecule has 1 aromatic carbocycles. The summed E-state index contributed by atoms with van der Waals surface area (Å²) in [5, 5.41) is 11.2. The summed E-state index contributed by atoms with van der Waals surface area (Å²) in [6.07, 6.45) is 0.846. The van der Waals surface area contributed by atoms with Crippen molar-refractivity contribution in [3.63, 3.8) is 0 Å². The molecule has 1 rings (SSSR count). The molecule has 0 fully saturated rings. The Morgan fingerprint density at radius 1 is 1.56 bits per heavy atom. The highest BCUT2D eigenvalue weighted by atomic mass is 19.1. The first kappa shape index (κ1) is 14.0. The molecule has 0 aliphatic heterocycles. The van der Waals surface area contributed by atoms with E-state index in [1.807, 2.05) is 6.92 Å². The normalized spacial score (nSPS) is 9.67. The molecule has 5 heteroatoms. The molecule has 0 radical (unpaired) electrons. The van der Waals surface area contributed by atoms with Gasteiger partial charge in [-0.25, -0.2) is 4.39 Å². The minimum atomic E-state index is -0.562. The van der Waals surface area contributed by atoms with Gasteiger partial charge in [-0.2, -0.15) is 5.26 Å². The number of anilines is 1. The maximum atomic E-state index is 13.5. The number of nitrogens with one attached hydrogen (secondary N) is 1. The Morgan fingerprint density at radius 3 is 2.78 bits per heavy atom. The highest BCUT2D eigenvalue weighted by Gasteiger charge is 2.12. The van der Waals surface area contributed by atoms with Crippen molar-refractivity contribution >= 4 is 11.6 Å². The van der Waals surface area contributed by atoms with Crippen molar-refractivity contribution in [2.24, 2.45) is 0 Å². The number of nitriles is 1.